The molecule has 0 radical (unpaired) electrons. The third kappa shape index (κ3) is 4.32. The van der Waals surface area contributed by atoms with E-state index in [1.165, 1.54) is 18.4 Å². The molecule has 1 saturated heterocycles. The van der Waals surface area contributed by atoms with E-state index < -0.39 is 0 Å². The Morgan fingerprint density at radius 2 is 1.97 bits per heavy atom. The summed E-state index contributed by atoms with van der Waals surface area (Å²) in [5, 5.41) is 4.19. The summed E-state index contributed by atoms with van der Waals surface area (Å²) in [6.07, 6.45) is 4.32. The molecule has 0 bridgehead atoms. The Balaban J connectivity index is 1.57. The normalized spacial score (nSPS) is 16.4. The number of aromatic nitrogens is 1. The Morgan fingerprint density at radius 1 is 1.16 bits per heavy atom. The second kappa shape index (κ2) is 9.65. The number of aromatic amines is 1. The van der Waals surface area contributed by atoms with Crippen LogP contribution >= 0.6 is 0 Å². The van der Waals surface area contributed by atoms with Crippen molar-refractivity contribution in [3.63, 3.8) is 0 Å². The maximum atomic E-state index is 12.8. The Morgan fingerprint density at radius 3 is 2.66 bits per heavy atom. The van der Waals surface area contributed by atoms with Crippen molar-refractivity contribution in [2.45, 2.75) is 38.6 Å². The number of aryl methyl sites for hydroxylation is 1. The van der Waals surface area contributed by atoms with Crippen molar-refractivity contribution in [2.24, 2.45) is 0 Å². The summed E-state index contributed by atoms with van der Waals surface area (Å²) in [5.74, 6) is 1.38. The lowest BCUT2D eigenvalue weighted by Gasteiger charge is -2.19. The summed E-state index contributed by atoms with van der Waals surface area (Å²) in [6, 6.07) is 12.4. The van der Waals surface area contributed by atoms with E-state index in [1.54, 1.807) is 14.2 Å². The van der Waals surface area contributed by atoms with Gasteiger partial charge in [-0.2, -0.15) is 0 Å². The fourth-order valence-corrected chi connectivity index (χ4v) is 4.79. The number of hydrogen-bond donors (Lipinski definition) is 2. The summed E-state index contributed by atoms with van der Waals surface area (Å²) in [7, 11) is 5.45. The van der Waals surface area contributed by atoms with Crippen molar-refractivity contribution in [1.29, 1.82) is 0 Å². The van der Waals surface area contributed by atoms with E-state index in [0.717, 1.165) is 41.5 Å². The Hall–Kier alpha value is -2.99. The highest BCUT2D eigenvalue weighted by Gasteiger charge is 2.21. The molecule has 6 heteroatoms. The van der Waals surface area contributed by atoms with Gasteiger partial charge in [-0.15, -0.1) is 0 Å². The molecule has 0 spiro atoms. The Kier molecular flexibility index (Phi) is 6.70. The van der Waals surface area contributed by atoms with Crippen LogP contribution in [0.5, 0.6) is 11.5 Å². The first-order valence-corrected chi connectivity index (χ1v) is 11.4. The predicted octanol–water partition coefficient (Wildman–Crippen LogP) is 4.63. The molecule has 1 aliphatic heterocycles. The van der Waals surface area contributed by atoms with Crippen LogP contribution in [-0.4, -0.2) is 56.2 Å². The third-order valence-corrected chi connectivity index (χ3v) is 6.63. The number of methoxy groups -OCH3 is 2. The van der Waals surface area contributed by atoms with Crippen molar-refractivity contribution in [3.05, 3.63) is 47.5 Å². The standard InChI is InChI=1S/C26H33N3O3/c1-5-20-21-15-18(26(30)27-13-12-19-7-6-14-29(19)2)8-10-22(21)28-25(20)17-9-11-23(31-3)24(16-17)32-4/h8-11,15-16,19,28H,5-7,12-14H2,1-4H3,(H,27,30). The molecule has 3 aromatic rings. The molecule has 170 valence electrons. The maximum absolute atomic E-state index is 12.8. The summed E-state index contributed by atoms with van der Waals surface area (Å²) in [4.78, 5) is 18.7. The highest BCUT2D eigenvalue weighted by Crippen LogP contribution is 2.36. The monoisotopic (exact) mass is 435 g/mol. The van der Waals surface area contributed by atoms with Gasteiger partial charge in [0.1, 0.15) is 0 Å². The fourth-order valence-electron chi connectivity index (χ4n) is 4.79. The first-order valence-electron chi connectivity index (χ1n) is 11.4. The molecule has 1 amide bonds. The molecule has 1 aliphatic rings. The van der Waals surface area contributed by atoms with Gasteiger partial charge in [-0.05, 0) is 81.2 Å². The number of carbonyl (C=O) groups is 1. The van der Waals surface area contributed by atoms with Gasteiger partial charge in [-0.1, -0.05) is 6.92 Å². The molecule has 0 saturated carbocycles. The number of rotatable bonds is 8. The van der Waals surface area contributed by atoms with Gasteiger partial charge in [-0.3, -0.25) is 4.79 Å². The van der Waals surface area contributed by atoms with Crippen LogP contribution in [0, 0.1) is 0 Å². The van der Waals surface area contributed by atoms with Gasteiger partial charge in [0.2, 0.25) is 0 Å². The quantitative estimate of drug-likeness (QED) is 0.541. The minimum atomic E-state index is -0.0107. The number of H-pyrrole nitrogens is 1. The van der Waals surface area contributed by atoms with Crippen molar-refractivity contribution < 1.29 is 14.3 Å². The van der Waals surface area contributed by atoms with Crippen molar-refractivity contribution in [1.82, 2.24) is 15.2 Å². The van der Waals surface area contributed by atoms with Crippen LogP contribution in [0.4, 0.5) is 0 Å². The molecule has 1 unspecified atom stereocenters. The highest BCUT2D eigenvalue weighted by atomic mass is 16.5. The summed E-state index contributed by atoms with van der Waals surface area (Å²) >= 11 is 0. The van der Waals surface area contributed by atoms with Gasteiger partial charge < -0.3 is 24.7 Å². The van der Waals surface area contributed by atoms with E-state index in [9.17, 15) is 4.79 Å². The largest absolute Gasteiger partial charge is 0.493 e. The number of nitrogens with zero attached hydrogens (tertiary/aromatic N) is 1. The number of fused-ring (bicyclic) bond motifs is 1. The number of hydrogen-bond acceptors (Lipinski definition) is 4. The van der Waals surface area contributed by atoms with Gasteiger partial charge in [0.15, 0.2) is 11.5 Å². The SMILES string of the molecule is CCc1c(-c2ccc(OC)c(OC)c2)[nH]c2ccc(C(=O)NCCC3CCCN3C)cc12. The minimum absolute atomic E-state index is 0.0107. The smallest absolute Gasteiger partial charge is 0.251 e. The zero-order valence-electron chi connectivity index (χ0n) is 19.5. The number of benzene rings is 2. The number of carbonyl (C=O) groups excluding carboxylic acids is 1. The van der Waals surface area contributed by atoms with Crippen molar-refractivity contribution in [3.8, 4) is 22.8 Å². The number of amides is 1. The van der Waals surface area contributed by atoms with Crippen LogP contribution in [-0.2, 0) is 6.42 Å². The van der Waals surface area contributed by atoms with E-state index in [2.05, 4.69) is 29.2 Å². The second-order valence-electron chi connectivity index (χ2n) is 8.48. The van der Waals surface area contributed by atoms with Crippen LogP contribution in [0.2, 0.25) is 0 Å². The average molecular weight is 436 g/mol. The first-order chi connectivity index (χ1) is 15.5. The lowest BCUT2D eigenvalue weighted by atomic mass is 10.0. The van der Waals surface area contributed by atoms with Gasteiger partial charge >= 0.3 is 0 Å². The van der Waals surface area contributed by atoms with Crippen LogP contribution in [0.3, 0.4) is 0 Å². The molecule has 2 N–H and O–H groups in total. The second-order valence-corrected chi connectivity index (χ2v) is 8.48. The number of nitrogens with one attached hydrogen (secondary N) is 2. The van der Waals surface area contributed by atoms with E-state index >= 15 is 0 Å². The summed E-state index contributed by atoms with van der Waals surface area (Å²) < 4.78 is 10.9. The highest BCUT2D eigenvalue weighted by molar-refractivity contribution is 6.00. The molecule has 1 atom stereocenters. The van der Waals surface area contributed by atoms with Crippen LogP contribution in [0.1, 0.15) is 42.1 Å². The average Bonchev–Trinajstić information content (AvgIpc) is 3.40. The molecule has 1 aromatic heterocycles. The molecular formula is C26H33N3O3. The van der Waals surface area contributed by atoms with Crippen LogP contribution < -0.4 is 14.8 Å². The maximum Gasteiger partial charge on any atom is 0.251 e. The number of likely N-dealkylation sites (tertiary alicyclic amines) is 1. The van der Waals surface area contributed by atoms with E-state index in [0.29, 0.717) is 29.6 Å². The Bertz CT molecular complexity index is 1110. The zero-order chi connectivity index (χ0) is 22.7. The third-order valence-electron chi connectivity index (χ3n) is 6.63. The zero-order valence-corrected chi connectivity index (χ0v) is 19.5. The molecule has 0 aliphatic carbocycles. The van der Waals surface area contributed by atoms with Gasteiger partial charge in [0, 0.05) is 40.3 Å². The molecule has 4 rings (SSSR count). The van der Waals surface area contributed by atoms with Gasteiger partial charge in [0.25, 0.3) is 5.91 Å². The molecule has 32 heavy (non-hydrogen) atoms. The van der Waals surface area contributed by atoms with E-state index in [4.69, 9.17) is 9.47 Å². The molecule has 1 fully saturated rings. The van der Waals surface area contributed by atoms with Gasteiger partial charge in [-0.25, -0.2) is 0 Å². The predicted molar refractivity (Wildman–Crippen MR) is 129 cm³/mol. The van der Waals surface area contributed by atoms with Crippen molar-refractivity contribution >= 4 is 16.8 Å². The molecule has 6 nitrogen and oxygen atoms in total. The van der Waals surface area contributed by atoms with E-state index in [-0.39, 0.29) is 5.91 Å². The first kappa shape index (κ1) is 22.2. The molecular weight excluding hydrogens is 402 g/mol. The van der Waals surface area contributed by atoms with Gasteiger partial charge in [0.05, 0.1) is 14.2 Å². The summed E-state index contributed by atoms with van der Waals surface area (Å²) in [5.41, 5.74) is 4.99. The fraction of sp³-hybridized carbons (Fsp3) is 0.423. The van der Waals surface area contributed by atoms with E-state index in [1.807, 2.05) is 36.4 Å². The Labute approximate surface area is 189 Å². The topological polar surface area (TPSA) is 66.6 Å². The molecule has 2 aromatic carbocycles. The van der Waals surface area contributed by atoms with Crippen LogP contribution in [0.25, 0.3) is 22.2 Å². The minimum Gasteiger partial charge on any atom is -0.493 e. The lowest BCUT2D eigenvalue weighted by Crippen LogP contribution is -2.31. The number of ether oxygens (including phenoxy) is 2. The van der Waals surface area contributed by atoms with Crippen LogP contribution in [0.15, 0.2) is 36.4 Å². The lowest BCUT2D eigenvalue weighted by molar-refractivity contribution is 0.0950. The van der Waals surface area contributed by atoms with Crippen molar-refractivity contribution in [2.75, 3.05) is 34.4 Å². The molecule has 2 heterocycles. The summed E-state index contributed by atoms with van der Waals surface area (Å²) in [6.45, 7) is 4.00.